The molecular formula is C10H17O2P. The largest absolute Gasteiger partial charge is 0.331 e. The third kappa shape index (κ3) is 1.35. The zero-order valence-corrected chi connectivity index (χ0v) is 9.54. The Morgan fingerprint density at radius 1 is 1.31 bits per heavy atom. The normalized spacial score (nSPS) is 50.4. The minimum Gasteiger partial charge on any atom is -0.331 e. The van der Waals surface area contributed by atoms with E-state index in [2.05, 4.69) is 12.8 Å². The molecule has 0 spiro atoms. The third-order valence-electron chi connectivity index (χ3n) is 3.46. The zero-order chi connectivity index (χ0) is 10.2. The van der Waals surface area contributed by atoms with E-state index in [0.717, 1.165) is 0 Å². The van der Waals surface area contributed by atoms with Crippen LogP contribution < -0.4 is 0 Å². The molecule has 1 aliphatic heterocycles. The fourth-order valence-corrected chi connectivity index (χ4v) is 5.34. The van der Waals surface area contributed by atoms with Gasteiger partial charge in [-0.15, -0.1) is 12.3 Å². The van der Waals surface area contributed by atoms with E-state index in [1.165, 1.54) is 7.11 Å². The Morgan fingerprint density at radius 3 is 2.08 bits per heavy atom. The molecule has 0 aromatic heterocycles. The van der Waals surface area contributed by atoms with E-state index in [9.17, 15) is 4.57 Å². The van der Waals surface area contributed by atoms with Crippen molar-refractivity contribution in [3.63, 3.8) is 0 Å². The SMILES string of the molecule is C#CC1C(C)C(C)P(=O)(OC)C1C. The van der Waals surface area contributed by atoms with Crippen LogP contribution in [0.5, 0.6) is 0 Å². The first-order chi connectivity index (χ1) is 5.99. The molecular weight excluding hydrogens is 183 g/mol. The summed E-state index contributed by atoms with van der Waals surface area (Å²) in [6.07, 6.45) is 5.43. The molecule has 3 heteroatoms. The summed E-state index contributed by atoms with van der Waals surface area (Å²) in [5, 5.41) is 0. The quantitative estimate of drug-likeness (QED) is 0.480. The van der Waals surface area contributed by atoms with Crippen molar-refractivity contribution < 1.29 is 9.09 Å². The highest BCUT2D eigenvalue weighted by Crippen LogP contribution is 2.66. The molecule has 1 aliphatic rings. The average molecular weight is 200 g/mol. The first kappa shape index (κ1) is 10.8. The Hall–Kier alpha value is -0.250. The monoisotopic (exact) mass is 200 g/mol. The lowest BCUT2D eigenvalue weighted by molar-refractivity contribution is 0.383. The first-order valence-electron chi connectivity index (χ1n) is 4.60. The van der Waals surface area contributed by atoms with Crippen LogP contribution in [-0.2, 0) is 9.09 Å². The van der Waals surface area contributed by atoms with Gasteiger partial charge in [0, 0.05) is 24.3 Å². The number of rotatable bonds is 1. The number of hydrogen-bond acceptors (Lipinski definition) is 2. The molecule has 5 atom stereocenters. The van der Waals surface area contributed by atoms with Crippen molar-refractivity contribution in [2.75, 3.05) is 7.11 Å². The highest BCUT2D eigenvalue weighted by atomic mass is 31.2. The van der Waals surface area contributed by atoms with Gasteiger partial charge in [0.05, 0.1) is 0 Å². The lowest BCUT2D eigenvalue weighted by Gasteiger charge is -2.19. The van der Waals surface area contributed by atoms with E-state index in [1.807, 2.05) is 13.8 Å². The molecule has 0 bridgehead atoms. The van der Waals surface area contributed by atoms with Crippen LogP contribution in [0.2, 0.25) is 0 Å². The average Bonchev–Trinajstić information content (AvgIpc) is 2.29. The lowest BCUT2D eigenvalue weighted by Crippen LogP contribution is -2.14. The maximum Gasteiger partial charge on any atom is 0.209 e. The molecule has 74 valence electrons. The summed E-state index contributed by atoms with van der Waals surface area (Å²) in [5.74, 6) is 3.13. The van der Waals surface area contributed by atoms with Crippen LogP contribution >= 0.6 is 7.37 Å². The molecule has 2 nitrogen and oxygen atoms in total. The van der Waals surface area contributed by atoms with E-state index in [0.29, 0.717) is 5.92 Å². The van der Waals surface area contributed by atoms with E-state index >= 15 is 0 Å². The molecule has 1 heterocycles. The van der Waals surface area contributed by atoms with Crippen molar-refractivity contribution in [3.8, 4) is 12.3 Å². The van der Waals surface area contributed by atoms with Crippen LogP contribution in [0.15, 0.2) is 0 Å². The maximum absolute atomic E-state index is 12.3. The van der Waals surface area contributed by atoms with Crippen LogP contribution in [0.4, 0.5) is 0 Å². The molecule has 1 rings (SSSR count). The Morgan fingerprint density at radius 2 is 1.85 bits per heavy atom. The molecule has 0 aliphatic carbocycles. The van der Waals surface area contributed by atoms with Crippen LogP contribution in [0.3, 0.4) is 0 Å². The summed E-state index contributed by atoms with van der Waals surface area (Å²) in [6.45, 7) is 5.97. The second kappa shape index (κ2) is 3.48. The number of hydrogen-bond donors (Lipinski definition) is 0. The fraction of sp³-hybridized carbons (Fsp3) is 0.800. The molecule has 1 fully saturated rings. The van der Waals surface area contributed by atoms with Gasteiger partial charge < -0.3 is 4.52 Å². The van der Waals surface area contributed by atoms with Crippen molar-refractivity contribution in [1.82, 2.24) is 0 Å². The fourth-order valence-electron chi connectivity index (χ4n) is 2.29. The number of terminal acetylenes is 1. The molecule has 13 heavy (non-hydrogen) atoms. The van der Waals surface area contributed by atoms with Crippen molar-refractivity contribution in [3.05, 3.63) is 0 Å². The summed E-state index contributed by atoms with van der Waals surface area (Å²) >= 11 is 0. The minimum absolute atomic E-state index is 0.00694. The molecule has 0 aromatic rings. The first-order valence-corrected chi connectivity index (χ1v) is 6.36. The molecule has 0 saturated carbocycles. The Labute approximate surface area is 80.5 Å². The Kier molecular flexibility index (Phi) is 2.90. The van der Waals surface area contributed by atoms with Crippen LogP contribution in [0.25, 0.3) is 0 Å². The standard InChI is InChI=1S/C10H17O2P/c1-6-10-7(2)8(3)13(11,12-5)9(10)4/h1,7-10H,2-5H3. The van der Waals surface area contributed by atoms with Crippen molar-refractivity contribution in [2.24, 2.45) is 11.8 Å². The molecule has 0 radical (unpaired) electrons. The molecule has 0 amide bonds. The smallest absolute Gasteiger partial charge is 0.209 e. The van der Waals surface area contributed by atoms with Gasteiger partial charge in [0.25, 0.3) is 0 Å². The summed E-state index contributed by atoms with van der Waals surface area (Å²) in [4.78, 5) is 0. The Balaban J connectivity index is 3.07. The van der Waals surface area contributed by atoms with Gasteiger partial charge in [-0.2, -0.15) is 0 Å². The molecule has 1 saturated heterocycles. The molecule has 0 N–H and O–H groups in total. The van der Waals surface area contributed by atoms with Crippen LogP contribution in [0.1, 0.15) is 20.8 Å². The summed E-state index contributed by atoms with van der Waals surface area (Å²) in [7, 11) is -0.977. The van der Waals surface area contributed by atoms with Gasteiger partial charge in [-0.25, -0.2) is 0 Å². The van der Waals surface area contributed by atoms with Gasteiger partial charge in [-0.05, 0) is 5.92 Å². The molecule has 5 unspecified atom stereocenters. The highest BCUT2D eigenvalue weighted by molar-refractivity contribution is 7.60. The second-order valence-electron chi connectivity index (χ2n) is 3.86. The minimum atomic E-state index is -2.50. The summed E-state index contributed by atoms with van der Waals surface area (Å²) in [6, 6.07) is 0. The van der Waals surface area contributed by atoms with Gasteiger partial charge in [-0.3, -0.25) is 4.57 Å². The van der Waals surface area contributed by atoms with Crippen LogP contribution in [-0.4, -0.2) is 18.4 Å². The van der Waals surface area contributed by atoms with E-state index in [4.69, 9.17) is 10.9 Å². The van der Waals surface area contributed by atoms with E-state index in [1.54, 1.807) is 0 Å². The summed E-state index contributed by atoms with van der Waals surface area (Å²) in [5.41, 5.74) is 0.0982. The predicted molar refractivity (Wildman–Crippen MR) is 55.0 cm³/mol. The predicted octanol–water partition coefficient (Wildman–Crippen LogP) is 2.59. The van der Waals surface area contributed by atoms with Gasteiger partial charge in [-0.1, -0.05) is 20.8 Å². The Bertz CT molecular complexity index is 279. The van der Waals surface area contributed by atoms with Gasteiger partial charge in [0.15, 0.2) is 0 Å². The summed E-state index contributed by atoms with van der Waals surface area (Å²) < 4.78 is 17.5. The van der Waals surface area contributed by atoms with E-state index in [-0.39, 0.29) is 17.2 Å². The zero-order valence-electron chi connectivity index (χ0n) is 8.65. The van der Waals surface area contributed by atoms with E-state index < -0.39 is 7.37 Å². The second-order valence-corrected chi connectivity index (χ2v) is 7.15. The topological polar surface area (TPSA) is 26.3 Å². The van der Waals surface area contributed by atoms with Gasteiger partial charge >= 0.3 is 0 Å². The van der Waals surface area contributed by atoms with Gasteiger partial charge in [0.1, 0.15) is 0 Å². The van der Waals surface area contributed by atoms with Crippen molar-refractivity contribution in [2.45, 2.75) is 32.1 Å². The van der Waals surface area contributed by atoms with Crippen molar-refractivity contribution >= 4 is 7.37 Å². The van der Waals surface area contributed by atoms with Crippen molar-refractivity contribution in [1.29, 1.82) is 0 Å². The molecule has 0 aromatic carbocycles. The third-order valence-corrected chi connectivity index (χ3v) is 7.09. The maximum atomic E-state index is 12.3. The lowest BCUT2D eigenvalue weighted by atomic mass is 9.91. The van der Waals surface area contributed by atoms with Gasteiger partial charge in [0.2, 0.25) is 7.37 Å². The highest BCUT2D eigenvalue weighted by Gasteiger charge is 2.51. The van der Waals surface area contributed by atoms with Crippen LogP contribution in [0, 0.1) is 24.2 Å².